The molecule has 2 rings (SSSR count). The van der Waals surface area contributed by atoms with Crippen LogP contribution in [0.25, 0.3) is 0 Å². The highest BCUT2D eigenvalue weighted by Gasteiger charge is 2.46. The maximum Gasteiger partial charge on any atom is 0.244 e. The van der Waals surface area contributed by atoms with E-state index in [-0.39, 0.29) is 22.7 Å². The smallest absolute Gasteiger partial charge is 0.244 e. The number of hydrogen-bond acceptors (Lipinski definition) is 3. The fraction of sp³-hybridized carbons (Fsp3) is 0.438. The number of nitro groups is 1. The van der Waals surface area contributed by atoms with Crippen LogP contribution in [0.3, 0.4) is 0 Å². The molecule has 1 aromatic rings. The van der Waals surface area contributed by atoms with Gasteiger partial charge in [0.05, 0.1) is 5.92 Å². The largest absolute Gasteiger partial charge is 0.343 e. The topological polar surface area (TPSA) is 72.2 Å². The maximum absolute atomic E-state index is 11.6. The lowest BCUT2D eigenvalue weighted by Crippen LogP contribution is -2.53. The molecule has 0 radical (unpaired) electrons. The van der Waals surface area contributed by atoms with E-state index in [1.165, 1.54) is 6.92 Å². The van der Waals surface area contributed by atoms with Gasteiger partial charge in [-0.1, -0.05) is 43.3 Å². The van der Waals surface area contributed by atoms with Gasteiger partial charge in [-0.3, -0.25) is 14.9 Å². The lowest BCUT2D eigenvalue weighted by atomic mass is 9.72. The Morgan fingerprint density at radius 2 is 1.90 bits per heavy atom. The zero-order valence-electron chi connectivity index (χ0n) is 12.4. The first-order valence-corrected chi connectivity index (χ1v) is 7.05. The van der Waals surface area contributed by atoms with Crippen LogP contribution in [-0.4, -0.2) is 22.9 Å². The van der Waals surface area contributed by atoms with Crippen LogP contribution in [-0.2, 0) is 4.79 Å². The number of nitrogens with zero attached hydrogens (tertiary/aromatic N) is 1. The summed E-state index contributed by atoms with van der Waals surface area (Å²) in [6.07, 6.45) is 2.03. The lowest BCUT2D eigenvalue weighted by Gasteiger charge is -2.36. The molecule has 0 unspecified atom stereocenters. The van der Waals surface area contributed by atoms with Gasteiger partial charge in [0.15, 0.2) is 0 Å². The Morgan fingerprint density at radius 1 is 1.29 bits per heavy atom. The predicted molar refractivity (Wildman–Crippen MR) is 80.5 cm³/mol. The lowest BCUT2D eigenvalue weighted by molar-refractivity contribution is -0.531. The van der Waals surface area contributed by atoms with Crippen molar-refractivity contribution in [3.8, 4) is 0 Å². The monoisotopic (exact) mass is 288 g/mol. The van der Waals surface area contributed by atoms with Crippen LogP contribution in [0.4, 0.5) is 0 Å². The molecule has 5 heteroatoms. The second-order valence-electron chi connectivity index (χ2n) is 5.66. The van der Waals surface area contributed by atoms with E-state index in [0.717, 1.165) is 11.1 Å². The van der Waals surface area contributed by atoms with E-state index < -0.39 is 12.1 Å². The Labute approximate surface area is 124 Å². The normalized spacial score (nSPS) is 28.6. The number of amides is 1. The summed E-state index contributed by atoms with van der Waals surface area (Å²) in [6.45, 7) is 5.22. The van der Waals surface area contributed by atoms with Crippen LogP contribution in [0.5, 0.6) is 0 Å². The highest BCUT2D eigenvalue weighted by molar-refractivity contribution is 5.73. The summed E-state index contributed by atoms with van der Waals surface area (Å²) >= 11 is 0. The van der Waals surface area contributed by atoms with Crippen LogP contribution < -0.4 is 5.32 Å². The Morgan fingerprint density at radius 3 is 2.43 bits per heavy atom. The van der Waals surface area contributed by atoms with Crippen molar-refractivity contribution >= 4 is 5.91 Å². The molecule has 1 amide bonds. The molecule has 1 N–H and O–H groups in total. The Bertz CT molecular complexity index is 568. The minimum atomic E-state index is -0.851. The third-order valence-corrected chi connectivity index (χ3v) is 4.08. The fourth-order valence-corrected chi connectivity index (χ4v) is 3.26. The van der Waals surface area contributed by atoms with Crippen molar-refractivity contribution in [2.24, 2.45) is 5.92 Å². The summed E-state index contributed by atoms with van der Waals surface area (Å²) in [6, 6.07) is 8.09. The van der Waals surface area contributed by atoms with E-state index in [4.69, 9.17) is 0 Å². The quantitative estimate of drug-likeness (QED) is 0.527. The van der Waals surface area contributed by atoms with E-state index in [0.29, 0.717) is 0 Å². The van der Waals surface area contributed by atoms with E-state index in [1.807, 2.05) is 50.3 Å². The molecule has 0 fully saturated rings. The molecular formula is C16H20N2O3. The Balaban J connectivity index is 2.47. The third-order valence-electron chi connectivity index (χ3n) is 4.08. The predicted octanol–water partition coefficient (Wildman–Crippen LogP) is 2.52. The molecule has 1 aromatic carbocycles. The summed E-state index contributed by atoms with van der Waals surface area (Å²) in [4.78, 5) is 22.8. The number of carbonyl (C=O) groups excluding carboxylic acids is 1. The van der Waals surface area contributed by atoms with Gasteiger partial charge in [-0.25, -0.2) is 0 Å². The van der Waals surface area contributed by atoms with Gasteiger partial charge in [0, 0.05) is 11.8 Å². The van der Waals surface area contributed by atoms with E-state index in [1.54, 1.807) is 0 Å². The molecule has 0 saturated heterocycles. The molecular weight excluding hydrogens is 268 g/mol. The first-order chi connectivity index (χ1) is 9.91. The minimum Gasteiger partial charge on any atom is -0.343 e. The molecule has 0 bridgehead atoms. The second-order valence-corrected chi connectivity index (χ2v) is 5.66. The maximum atomic E-state index is 11.6. The molecule has 5 nitrogen and oxygen atoms in total. The molecule has 0 aliphatic heterocycles. The van der Waals surface area contributed by atoms with Gasteiger partial charge in [0.2, 0.25) is 11.9 Å². The van der Waals surface area contributed by atoms with Crippen molar-refractivity contribution in [3.05, 3.63) is 57.7 Å². The summed E-state index contributed by atoms with van der Waals surface area (Å²) in [7, 11) is 0. The molecule has 21 heavy (non-hydrogen) atoms. The minimum absolute atomic E-state index is 0.0489. The first-order valence-electron chi connectivity index (χ1n) is 7.05. The summed E-state index contributed by atoms with van der Waals surface area (Å²) < 4.78 is 0. The molecule has 1 aliphatic rings. The number of carbonyl (C=O) groups is 1. The van der Waals surface area contributed by atoms with Crippen molar-refractivity contribution in [3.63, 3.8) is 0 Å². The van der Waals surface area contributed by atoms with Crippen molar-refractivity contribution in [1.82, 2.24) is 5.32 Å². The van der Waals surface area contributed by atoms with E-state index in [9.17, 15) is 14.9 Å². The van der Waals surface area contributed by atoms with Crippen LogP contribution in [0.2, 0.25) is 0 Å². The van der Waals surface area contributed by atoms with Gasteiger partial charge < -0.3 is 5.32 Å². The summed E-state index contributed by atoms with van der Waals surface area (Å²) in [5.74, 6) is -0.449. The molecule has 4 atom stereocenters. The average molecular weight is 288 g/mol. The standard InChI is InChI=1S/C16H20N2O3/c1-10-9-11(2)15(17-12(3)19)16(18(20)21)14(10)13-7-5-4-6-8-13/h4-10,14-16H,1-3H3,(H,17,19)/t10-,14-,15+,16-/m0/s1. The van der Waals surface area contributed by atoms with Gasteiger partial charge in [-0.15, -0.1) is 0 Å². The highest BCUT2D eigenvalue weighted by atomic mass is 16.6. The van der Waals surface area contributed by atoms with Crippen LogP contribution in [0.1, 0.15) is 32.3 Å². The van der Waals surface area contributed by atoms with Crippen LogP contribution >= 0.6 is 0 Å². The zero-order valence-corrected chi connectivity index (χ0v) is 12.4. The summed E-state index contributed by atoms with van der Waals surface area (Å²) in [5.41, 5.74) is 1.79. The van der Waals surface area contributed by atoms with Gasteiger partial charge in [0.1, 0.15) is 6.04 Å². The fourth-order valence-electron chi connectivity index (χ4n) is 3.26. The Hall–Kier alpha value is -2.17. The number of benzene rings is 1. The van der Waals surface area contributed by atoms with Gasteiger partial charge in [0.25, 0.3) is 0 Å². The molecule has 0 saturated carbocycles. The van der Waals surface area contributed by atoms with Crippen molar-refractivity contribution < 1.29 is 9.72 Å². The van der Waals surface area contributed by atoms with Gasteiger partial charge in [-0.2, -0.15) is 0 Å². The number of allylic oxidation sites excluding steroid dienone is 1. The van der Waals surface area contributed by atoms with Crippen molar-refractivity contribution in [2.75, 3.05) is 0 Å². The third kappa shape index (κ3) is 3.12. The zero-order chi connectivity index (χ0) is 15.6. The molecule has 0 aromatic heterocycles. The number of nitrogens with one attached hydrogen (secondary N) is 1. The first kappa shape index (κ1) is 15.2. The van der Waals surface area contributed by atoms with Crippen molar-refractivity contribution in [1.29, 1.82) is 0 Å². The molecule has 112 valence electrons. The second kappa shape index (κ2) is 6.08. The van der Waals surface area contributed by atoms with Crippen LogP contribution in [0.15, 0.2) is 42.0 Å². The number of rotatable bonds is 3. The van der Waals surface area contributed by atoms with Gasteiger partial charge >= 0.3 is 0 Å². The highest BCUT2D eigenvalue weighted by Crippen LogP contribution is 2.38. The van der Waals surface area contributed by atoms with Crippen molar-refractivity contribution in [2.45, 2.75) is 38.8 Å². The molecule has 0 spiro atoms. The van der Waals surface area contributed by atoms with E-state index >= 15 is 0 Å². The van der Waals surface area contributed by atoms with Gasteiger partial charge in [-0.05, 0) is 24.0 Å². The molecule has 0 heterocycles. The van der Waals surface area contributed by atoms with Crippen LogP contribution in [0, 0.1) is 16.0 Å². The average Bonchev–Trinajstić information content (AvgIpc) is 2.41. The summed E-state index contributed by atoms with van der Waals surface area (Å²) in [5, 5.41) is 14.4. The SMILES string of the molecule is CC(=O)N[C@@H]1C(C)=C[C@H](C)[C@@H](c2ccccc2)[C@@H]1[N+](=O)[O-]. The Kier molecular flexibility index (Phi) is 4.40. The molecule has 1 aliphatic carbocycles. The van der Waals surface area contributed by atoms with E-state index in [2.05, 4.69) is 5.32 Å². The number of hydrogen-bond donors (Lipinski definition) is 1.